The van der Waals surface area contributed by atoms with Gasteiger partial charge in [-0.25, -0.2) is 0 Å². The predicted molar refractivity (Wildman–Crippen MR) is 231 cm³/mol. The fourth-order valence-corrected chi connectivity index (χ4v) is 19.2. The SMILES string of the molecule is CC(C)[C@@H](C)[C@H]1O[C@H]1[C@](C)(O)[C@@H]1CC[C@]2(O)C3=CC(=O)[C@@]45CSSC[C@H]6CCCC[C@@]67CCN(C7=O)c6cc(O)cc(c6)CC[C@]12CC[C@@H]3[C@]41CCC[C@@H]5[C@@H](O)[C@@H](O)C1. The molecule has 11 heteroatoms. The first-order chi connectivity index (χ1) is 28.1. The minimum Gasteiger partial charge on any atom is -0.508 e. The second-order valence-electron chi connectivity index (χ2n) is 21.6. The number of benzene rings is 1. The zero-order chi connectivity index (χ0) is 41.5. The summed E-state index contributed by atoms with van der Waals surface area (Å²) in [6.07, 6.45) is 10.3. The minimum atomic E-state index is -1.39. The van der Waals surface area contributed by atoms with Crippen LogP contribution in [0.25, 0.3) is 0 Å². The molecule has 2 saturated heterocycles. The van der Waals surface area contributed by atoms with E-state index < -0.39 is 45.1 Å². The number of carbonyl (C=O) groups excluding carboxylic acids is 2. The third-order valence-electron chi connectivity index (χ3n) is 19.3. The molecule has 15 atom stereocenters. The molecule has 0 unspecified atom stereocenters. The lowest BCUT2D eigenvalue weighted by Crippen LogP contribution is -2.72. The molecule has 6 aliphatic carbocycles. The summed E-state index contributed by atoms with van der Waals surface area (Å²) < 4.78 is 6.38. The number of hydrogen-bond acceptors (Lipinski definition) is 10. The summed E-state index contributed by atoms with van der Waals surface area (Å²) in [6, 6.07) is 5.58. The molecule has 0 radical (unpaired) electrons. The lowest BCUT2D eigenvalue weighted by Gasteiger charge is -2.69. The lowest BCUT2D eigenvalue weighted by atomic mass is 9.35. The molecule has 3 spiro atoms. The van der Waals surface area contributed by atoms with Crippen molar-refractivity contribution in [1.29, 1.82) is 0 Å². The number of aromatic hydroxyl groups is 1. The predicted octanol–water partition coefficient (Wildman–Crippen LogP) is 7.39. The van der Waals surface area contributed by atoms with Crippen LogP contribution < -0.4 is 4.90 Å². The Kier molecular flexibility index (Phi) is 9.97. The molecule has 1 amide bonds. The number of ether oxygens (including phenoxy) is 1. The first-order valence-electron chi connectivity index (χ1n) is 23.2. The van der Waals surface area contributed by atoms with Crippen molar-refractivity contribution in [2.24, 2.45) is 57.2 Å². The molecule has 10 bridgehead atoms. The van der Waals surface area contributed by atoms with E-state index >= 15 is 4.79 Å². The van der Waals surface area contributed by atoms with Crippen molar-refractivity contribution < 1.29 is 39.9 Å². The average Bonchev–Trinajstić information content (AvgIpc) is 3.87. The highest BCUT2D eigenvalue weighted by Crippen LogP contribution is 2.76. The quantitative estimate of drug-likeness (QED) is 0.153. The van der Waals surface area contributed by atoms with Crippen LogP contribution in [0, 0.1) is 57.2 Å². The molecule has 7 fully saturated rings. The molecule has 5 N–H and O–H groups in total. The van der Waals surface area contributed by atoms with E-state index in [0.29, 0.717) is 63.2 Å². The molecule has 9 nitrogen and oxygen atoms in total. The number of aliphatic hydroxyl groups is 4. The lowest BCUT2D eigenvalue weighted by molar-refractivity contribution is -0.222. The van der Waals surface area contributed by atoms with Crippen LogP contribution in [0.15, 0.2) is 29.8 Å². The van der Waals surface area contributed by atoms with Gasteiger partial charge >= 0.3 is 0 Å². The van der Waals surface area contributed by atoms with E-state index in [1.807, 2.05) is 17.9 Å². The van der Waals surface area contributed by atoms with Gasteiger partial charge in [0.2, 0.25) is 5.91 Å². The first-order valence-corrected chi connectivity index (χ1v) is 25.7. The highest BCUT2D eigenvalue weighted by Gasteiger charge is 2.77. The zero-order valence-electron chi connectivity index (χ0n) is 35.5. The Bertz CT molecular complexity index is 1920. The van der Waals surface area contributed by atoms with Gasteiger partial charge in [0, 0.05) is 41.1 Å². The largest absolute Gasteiger partial charge is 0.508 e. The number of anilines is 1. The van der Waals surface area contributed by atoms with Crippen LogP contribution in [0.4, 0.5) is 5.69 Å². The van der Waals surface area contributed by atoms with E-state index in [1.54, 1.807) is 33.7 Å². The molecule has 12 rings (SSSR count). The topological polar surface area (TPSA) is 151 Å². The third kappa shape index (κ3) is 5.62. The number of fused-ring (bicyclic) bond motifs is 2. The monoisotopic (exact) mass is 849 g/mol. The number of aliphatic hydroxyl groups excluding tert-OH is 2. The number of phenolic OH excluding ortho intramolecular Hbond substituents is 1. The second kappa shape index (κ2) is 14.2. The highest BCUT2D eigenvalue weighted by molar-refractivity contribution is 8.76. The maximum Gasteiger partial charge on any atom is 0.233 e. The van der Waals surface area contributed by atoms with E-state index in [2.05, 4.69) is 26.8 Å². The normalized spacial score (nSPS) is 47.0. The van der Waals surface area contributed by atoms with E-state index in [1.165, 1.54) is 0 Å². The van der Waals surface area contributed by atoms with Gasteiger partial charge in [-0.05, 0) is 148 Å². The average molecular weight is 850 g/mol. The van der Waals surface area contributed by atoms with Crippen LogP contribution in [-0.2, 0) is 20.7 Å². The molecule has 1 aromatic carbocycles. The van der Waals surface area contributed by atoms with Gasteiger partial charge in [0.05, 0.1) is 40.3 Å². The number of ketones is 1. The maximum absolute atomic E-state index is 15.5. The van der Waals surface area contributed by atoms with Crippen molar-refractivity contribution in [2.75, 3.05) is 23.0 Å². The summed E-state index contributed by atoms with van der Waals surface area (Å²) in [5.41, 5.74) is -2.96. The van der Waals surface area contributed by atoms with Crippen LogP contribution in [0.5, 0.6) is 5.75 Å². The molecule has 11 aliphatic rings. The molecular weight excluding hydrogens is 783 g/mol. The number of carbonyl (C=O) groups is 2. The molecule has 324 valence electrons. The molecule has 5 saturated carbocycles. The standard InChI is InChI=1S/C48H67NO8S2/c1-27(2)28(3)40-41(57-40)43(4,55)37-12-17-48(56)35-23-38(52)47-26-59-58-25-30-8-5-6-13-44(30)18-19-49(42(44)54)31-20-29(21-32(50)22-31)10-15-45(37,48)16-11-33(35)46(47)14-7-9-34(47)39(53)36(51)24-46/h20-23,27-28,30,33-34,36-37,39-41,50-51,53,55-56H,5-19,24-26H2,1-4H3/t28-,30-,33+,34-,36+,37+,39-,40-,41-,43-,44-,45+,46-,47+,48+/m1/s1. The maximum atomic E-state index is 15.5. The molecular formula is C48H67NO8S2. The molecule has 5 heterocycles. The minimum absolute atomic E-state index is 0.00503. The summed E-state index contributed by atoms with van der Waals surface area (Å²) in [4.78, 5) is 32.1. The van der Waals surface area contributed by atoms with Crippen LogP contribution in [0.3, 0.4) is 0 Å². The summed E-state index contributed by atoms with van der Waals surface area (Å²) in [5, 5.41) is 61.4. The summed E-state index contributed by atoms with van der Waals surface area (Å²) in [5.74, 6) is 1.62. The smallest absolute Gasteiger partial charge is 0.233 e. The molecule has 0 aromatic heterocycles. The van der Waals surface area contributed by atoms with Gasteiger partial charge in [-0.1, -0.05) is 61.6 Å². The van der Waals surface area contributed by atoms with Crippen molar-refractivity contribution in [1.82, 2.24) is 0 Å². The summed E-state index contributed by atoms with van der Waals surface area (Å²) in [6.45, 7) is 9.09. The van der Waals surface area contributed by atoms with Crippen LogP contribution in [0.2, 0.25) is 0 Å². The number of rotatable bonds is 4. The summed E-state index contributed by atoms with van der Waals surface area (Å²) in [7, 11) is 3.50. The van der Waals surface area contributed by atoms with Crippen molar-refractivity contribution >= 4 is 39.0 Å². The number of aryl methyl sites for hydroxylation is 1. The van der Waals surface area contributed by atoms with Gasteiger partial charge in [0.25, 0.3) is 0 Å². The van der Waals surface area contributed by atoms with E-state index in [9.17, 15) is 30.3 Å². The van der Waals surface area contributed by atoms with Crippen molar-refractivity contribution in [3.63, 3.8) is 0 Å². The van der Waals surface area contributed by atoms with Crippen LogP contribution in [-0.4, -0.2) is 90.9 Å². The number of hydrogen-bond donors (Lipinski definition) is 5. The third-order valence-corrected chi connectivity index (χ3v) is 21.8. The van der Waals surface area contributed by atoms with Crippen molar-refractivity contribution in [2.45, 2.75) is 160 Å². The molecule has 1 aromatic rings. The Balaban J connectivity index is 1.12. The number of nitrogens with zero attached hydrogens (tertiary/aromatic N) is 1. The van der Waals surface area contributed by atoms with Crippen molar-refractivity contribution in [3.8, 4) is 5.75 Å². The Hall–Kier alpha value is -1.60. The molecule has 59 heavy (non-hydrogen) atoms. The van der Waals surface area contributed by atoms with Gasteiger partial charge in [-0.2, -0.15) is 0 Å². The Morgan fingerprint density at radius 1 is 0.915 bits per heavy atom. The van der Waals surface area contributed by atoms with Gasteiger partial charge in [0.1, 0.15) is 11.9 Å². The van der Waals surface area contributed by atoms with Crippen LogP contribution in [0.1, 0.15) is 123 Å². The Morgan fingerprint density at radius 2 is 1.73 bits per heavy atom. The zero-order valence-corrected chi connectivity index (χ0v) is 37.2. The van der Waals surface area contributed by atoms with Crippen LogP contribution >= 0.6 is 21.6 Å². The Morgan fingerprint density at radius 3 is 2.53 bits per heavy atom. The fourth-order valence-electron chi connectivity index (χ4n) is 16.0. The number of phenols is 1. The van der Waals surface area contributed by atoms with Gasteiger partial charge in [-0.15, -0.1) is 0 Å². The van der Waals surface area contributed by atoms with E-state index in [-0.39, 0.29) is 59.2 Å². The fraction of sp³-hybridized carbons (Fsp3) is 0.792. The second-order valence-corrected chi connectivity index (χ2v) is 24.1. The number of epoxide rings is 1. The number of amides is 1. The van der Waals surface area contributed by atoms with E-state index in [4.69, 9.17) is 4.74 Å². The summed E-state index contributed by atoms with van der Waals surface area (Å²) >= 11 is 0. The van der Waals surface area contributed by atoms with Gasteiger partial charge < -0.3 is 35.2 Å². The number of allylic oxidation sites excluding steroid dienone is 1. The highest BCUT2D eigenvalue weighted by atomic mass is 33.1. The first kappa shape index (κ1) is 41.4. The molecule has 5 aliphatic heterocycles. The van der Waals surface area contributed by atoms with Crippen molar-refractivity contribution in [3.05, 3.63) is 35.4 Å². The van der Waals surface area contributed by atoms with E-state index in [0.717, 1.165) is 73.9 Å². The Labute approximate surface area is 358 Å². The van der Waals surface area contributed by atoms with Gasteiger partial charge in [0.15, 0.2) is 5.78 Å². The van der Waals surface area contributed by atoms with Gasteiger partial charge in [-0.3, -0.25) is 9.59 Å².